The van der Waals surface area contributed by atoms with Crippen LogP contribution in [-0.4, -0.2) is 35.0 Å². The molecular formula is C11H14N4O2. The molecule has 1 aliphatic rings. The fourth-order valence-electron chi connectivity index (χ4n) is 1.99. The second kappa shape index (κ2) is 4.90. The number of carbonyl (C=O) groups excluding carboxylic acids is 2. The number of aromatic nitrogens is 2. The zero-order valence-electron chi connectivity index (χ0n) is 9.37. The number of hydrogen-bond acceptors (Lipinski definition) is 5. The molecule has 1 aliphatic heterocycles. The normalized spacial score (nSPS) is 20.0. The third-order valence-electron chi connectivity index (χ3n) is 2.90. The molecule has 2 N–H and O–H groups in total. The van der Waals surface area contributed by atoms with Gasteiger partial charge in [-0.25, -0.2) is 0 Å². The van der Waals surface area contributed by atoms with Crippen LogP contribution in [0.15, 0.2) is 12.1 Å². The molecule has 1 aromatic heterocycles. The van der Waals surface area contributed by atoms with Gasteiger partial charge in [0.05, 0.1) is 6.04 Å². The third-order valence-corrected chi connectivity index (χ3v) is 2.90. The van der Waals surface area contributed by atoms with Crippen molar-refractivity contribution in [2.75, 3.05) is 11.4 Å². The summed E-state index contributed by atoms with van der Waals surface area (Å²) < 4.78 is 0. The maximum Gasteiger partial charge on any atom is 0.269 e. The largest absolute Gasteiger partial charge is 0.364 e. The summed E-state index contributed by atoms with van der Waals surface area (Å²) in [6, 6.07) is 3.06. The van der Waals surface area contributed by atoms with E-state index >= 15 is 0 Å². The van der Waals surface area contributed by atoms with E-state index in [2.05, 4.69) is 10.2 Å². The van der Waals surface area contributed by atoms with Gasteiger partial charge >= 0.3 is 0 Å². The van der Waals surface area contributed by atoms with Crippen LogP contribution >= 0.6 is 0 Å². The number of hydrogen-bond donors (Lipinski definition) is 1. The highest BCUT2D eigenvalue weighted by molar-refractivity contribution is 5.90. The number of anilines is 1. The van der Waals surface area contributed by atoms with Crippen molar-refractivity contribution < 1.29 is 9.59 Å². The van der Waals surface area contributed by atoms with Crippen LogP contribution in [0.4, 0.5) is 5.82 Å². The summed E-state index contributed by atoms with van der Waals surface area (Å²) in [5.41, 5.74) is 5.22. The average molecular weight is 234 g/mol. The Labute approximate surface area is 98.8 Å². The Balaban J connectivity index is 2.20. The van der Waals surface area contributed by atoms with Crippen LogP contribution in [0, 0.1) is 0 Å². The van der Waals surface area contributed by atoms with E-state index in [1.54, 1.807) is 6.07 Å². The zero-order chi connectivity index (χ0) is 12.3. The Morgan fingerprint density at radius 3 is 2.82 bits per heavy atom. The zero-order valence-corrected chi connectivity index (χ0v) is 9.37. The summed E-state index contributed by atoms with van der Waals surface area (Å²) in [6.07, 6.45) is 3.85. The summed E-state index contributed by atoms with van der Waals surface area (Å²) in [5.74, 6) is 0.0152. The number of aldehydes is 1. The average Bonchev–Trinajstić information content (AvgIpc) is 2.39. The molecule has 90 valence electrons. The Bertz CT molecular complexity index is 418. The smallest absolute Gasteiger partial charge is 0.269 e. The molecule has 0 aliphatic carbocycles. The minimum absolute atomic E-state index is 0.133. The van der Waals surface area contributed by atoms with Gasteiger partial charge in [-0.1, -0.05) is 0 Å². The van der Waals surface area contributed by atoms with Crippen molar-refractivity contribution in [1.29, 1.82) is 0 Å². The van der Waals surface area contributed by atoms with E-state index in [1.807, 2.05) is 4.90 Å². The third kappa shape index (κ3) is 2.41. The number of amides is 1. The van der Waals surface area contributed by atoms with E-state index in [4.69, 9.17) is 5.73 Å². The van der Waals surface area contributed by atoms with Crippen LogP contribution in [0.5, 0.6) is 0 Å². The summed E-state index contributed by atoms with van der Waals surface area (Å²) in [6.45, 7) is 0.786. The maximum atomic E-state index is 11.0. The van der Waals surface area contributed by atoms with Gasteiger partial charge in [-0.15, -0.1) is 10.2 Å². The van der Waals surface area contributed by atoms with Crippen LogP contribution in [0.1, 0.15) is 29.8 Å². The van der Waals surface area contributed by atoms with Gasteiger partial charge in [0.15, 0.2) is 11.5 Å². The first-order valence-corrected chi connectivity index (χ1v) is 5.58. The molecule has 6 nitrogen and oxygen atoms in total. The van der Waals surface area contributed by atoms with Crippen molar-refractivity contribution in [3.8, 4) is 0 Å². The second-order valence-electron chi connectivity index (χ2n) is 4.03. The molecule has 1 saturated heterocycles. The Morgan fingerprint density at radius 2 is 2.24 bits per heavy atom. The van der Waals surface area contributed by atoms with E-state index in [9.17, 15) is 9.59 Å². The number of carbonyl (C=O) groups is 2. The molecule has 0 spiro atoms. The van der Waals surface area contributed by atoms with Gasteiger partial charge in [0.1, 0.15) is 6.29 Å². The Morgan fingerprint density at radius 1 is 1.41 bits per heavy atom. The lowest BCUT2D eigenvalue weighted by molar-refractivity contribution is -0.109. The minimum atomic E-state index is -0.602. The van der Waals surface area contributed by atoms with Gasteiger partial charge < -0.3 is 15.4 Å². The standard InChI is InChI=1S/C11H14N4O2/c12-11(17)9-4-5-10(14-13-9)15-6-2-1-3-8(15)7-16/h4-5,7-8H,1-3,6H2,(H2,12,17). The highest BCUT2D eigenvalue weighted by Crippen LogP contribution is 2.21. The highest BCUT2D eigenvalue weighted by atomic mass is 16.1. The molecule has 1 atom stereocenters. The van der Waals surface area contributed by atoms with Crippen molar-refractivity contribution in [3.05, 3.63) is 17.8 Å². The Kier molecular flexibility index (Phi) is 3.32. The molecule has 0 aromatic carbocycles. The lowest BCUT2D eigenvalue weighted by Crippen LogP contribution is -2.41. The van der Waals surface area contributed by atoms with Gasteiger partial charge in [0.2, 0.25) is 0 Å². The van der Waals surface area contributed by atoms with Gasteiger partial charge in [0, 0.05) is 6.54 Å². The lowest BCUT2D eigenvalue weighted by atomic mass is 10.0. The fourth-order valence-corrected chi connectivity index (χ4v) is 1.99. The number of rotatable bonds is 3. The van der Waals surface area contributed by atoms with Gasteiger partial charge in [-0.2, -0.15) is 0 Å². The fraction of sp³-hybridized carbons (Fsp3) is 0.455. The van der Waals surface area contributed by atoms with E-state index in [1.165, 1.54) is 6.07 Å². The quantitative estimate of drug-likeness (QED) is 0.751. The van der Waals surface area contributed by atoms with Crippen LogP contribution < -0.4 is 10.6 Å². The molecule has 1 amide bonds. The topological polar surface area (TPSA) is 89.2 Å². The summed E-state index contributed by atoms with van der Waals surface area (Å²) in [7, 11) is 0. The maximum absolute atomic E-state index is 11.0. The summed E-state index contributed by atoms with van der Waals surface area (Å²) >= 11 is 0. The molecule has 1 unspecified atom stereocenters. The molecule has 1 fully saturated rings. The SMILES string of the molecule is NC(=O)c1ccc(N2CCCCC2C=O)nn1. The molecule has 0 saturated carbocycles. The first-order chi connectivity index (χ1) is 8.22. The van der Waals surface area contributed by atoms with Crippen LogP contribution in [0.25, 0.3) is 0 Å². The molecule has 2 rings (SSSR count). The summed E-state index contributed by atoms with van der Waals surface area (Å²) in [4.78, 5) is 23.7. The molecule has 6 heteroatoms. The second-order valence-corrected chi connectivity index (χ2v) is 4.03. The first-order valence-electron chi connectivity index (χ1n) is 5.58. The van der Waals surface area contributed by atoms with Crippen LogP contribution in [-0.2, 0) is 4.79 Å². The van der Waals surface area contributed by atoms with Crippen molar-refractivity contribution in [1.82, 2.24) is 10.2 Å². The number of nitrogens with zero attached hydrogens (tertiary/aromatic N) is 3. The lowest BCUT2D eigenvalue weighted by Gasteiger charge is -2.32. The Hall–Kier alpha value is -1.98. The monoisotopic (exact) mass is 234 g/mol. The van der Waals surface area contributed by atoms with Crippen LogP contribution in [0.2, 0.25) is 0 Å². The predicted octanol–water partition coefficient (Wildman–Crippen LogP) is 0.133. The van der Waals surface area contributed by atoms with Gasteiger partial charge in [-0.3, -0.25) is 4.79 Å². The summed E-state index contributed by atoms with van der Waals surface area (Å²) in [5, 5.41) is 7.68. The molecular weight excluding hydrogens is 220 g/mol. The molecule has 17 heavy (non-hydrogen) atoms. The predicted molar refractivity (Wildman–Crippen MR) is 61.6 cm³/mol. The molecule has 2 heterocycles. The van der Waals surface area contributed by atoms with Gasteiger partial charge in [-0.05, 0) is 31.4 Å². The van der Waals surface area contributed by atoms with Crippen LogP contribution in [0.3, 0.4) is 0 Å². The van der Waals surface area contributed by atoms with E-state index in [0.29, 0.717) is 5.82 Å². The molecule has 0 bridgehead atoms. The van der Waals surface area contributed by atoms with E-state index < -0.39 is 5.91 Å². The number of nitrogens with two attached hydrogens (primary N) is 1. The molecule has 0 radical (unpaired) electrons. The minimum Gasteiger partial charge on any atom is -0.364 e. The number of primary amides is 1. The van der Waals surface area contributed by atoms with Crippen molar-refractivity contribution in [2.24, 2.45) is 5.73 Å². The first kappa shape index (κ1) is 11.5. The van der Waals surface area contributed by atoms with Crippen molar-refractivity contribution in [3.63, 3.8) is 0 Å². The highest BCUT2D eigenvalue weighted by Gasteiger charge is 2.23. The van der Waals surface area contributed by atoms with E-state index in [0.717, 1.165) is 32.1 Å². The van der Waals surface area contributed by atoms with Gasteiger partial charge in [0.25, 0.3) is 5.91 Å². The number of piperidine rings is 1. The van der Waals surface area contributed by atoms with E-state index in [-0.39, 0.29) is 11.7 Å². The molecule has 1 aromatic rings. The van der Waals surface area contributed by atoms with Crippen molar-refractivity contribution >= 4 is 18.0 Å². The van der Waals surface area contributed by atoms with Crippen molar-refractivity contribution in [2.45, 2.75) is 25.3 Å².